The summed E-state index contributed by atoms with van der Waals surface area (Å²) in [4.78, 5) is 24.0. The third-order valence-corrected chi connectivity index (χ3v) is 5.18. The lowest BCUT2D eigenvalue weighted by molar-refractivity contribution is 0.627. The molecule has 6 aromatic rings. The van der Waals surface area contributed by atoms with Gasteiger partial charge in [0, 0.05) is 23.3 Å². The third kappa shape index (κ3) is 2.86. The average molecular weight is 410 g/mol. The van der Waals surface area contributed by atoms with Crippen LogP contribution in [0, 0.1) is 12.7 Å². The number of aromatic nitrogens is 8. The molecule has 150 valence electrons. The second-order valence-corrected chi connectivity index (χ2v) is 7.33. The van der Waals surface area contributed by atoms with Crippen LogP contribution in [0.15, 0.2) is 55.4 Å². The van der Waals surface area contributed by atoms with Gasteiger partial charge in [0.25, 0.3) is 0 Å². The van der Waals surface area contributed by atoms with Crippen molar-refractivity contribution in [2.24, 2.45) is 0 Å². The number of fused-ring (bicyclic) bond motifs is 2. The quantitative estimate of drug-likeness (QED) is 0.400. The molecule has 0 amide bonds. The first-order valence-electron chi connectivity index (χ1n) is 9.60. The zero-order valence-corrected chi connectivity index (χ0v) is 16.3. The maximum Gasteiger partial charge on any atom is 0.159 e. The minimum Gasteiger partial charge on any atom is -0.351 e. The van der Waals surface area contributed by atoms with Gasteiger partial charge in [0.15, 0.2) is 5.82 Å². The highest BCUT2D eigenvalue weighted by atomic mass is 19.1. The minimum atomic E-state index is -0.292. The normalized spacial score (nSPS) is 11.5. The van der Waals surface area contributed by atoms with Crippen LogP contribution in [0.2, 0.25) is 0 Å². The van der Waals surface area contributed by atoms with Crippen molar-refractivity contribution in [3.8, 4) is 34.0 Å². The van der Waals surface area contributed by atoms with Crippen LogP contribution < -0.4 is 0 Å². The maximum absolute atomic E-state index is 14.0. The molecule has 0 aliphatic rings. The first-order valence-corrected chi connectivity index (χ1v) is 9.60. The smallest absolute Gasteiger partial charge is 0.159 e. The van der Waals surface area contributed by atoms with Crippen molar-refractivity contribution >= 4 is 21.9 Å². The summed E-state index contributed by atoms with van der Waals surface area (Å²) < 4.78 is 14.0. The van der Waals surface area contributed by atoms with Gasteiger partial charge in [-0.15, -0.1) is 0 Å². The van der Waals surface area contributed by atoms with E-state index in [9.17, 15) is 4.39 Å². The number of nitrogens with zero attached hydrogens (tertiary/aromatic N) is 5. The van der Waals surface area contributed by atoms with Gasteiger partial charge < -0.3 is 9.97 Å². The topological polar surface area (TPSA) is 112 Å². The predicted octanol–water partition coefficient (Wildman–Crippen LogP) is 4.40. The van der Waals surface area contributed by atoms with Gasteiger partial charge in [-0.1, -0.05) is 6.07 Å². The van der Waals surface area contributed by atoms with Crippen LogP contribution in [-0.4, -0.2) is 40.1 Å². The minimum absolute atomic E-state index is 0.292. The standard InChI is InChI=1S/C22H15FN8/c1-11-2-12(4-13(23)3-11)15-6-24-8-19-20(15)29-22(28-19)21-14-5-16(18-7-25-10-27-18)26-9-17(14)30-31-21/h2-10H,1H3,(H,25,27)(H,28,29)(H,30,31). The van der Waals surface area contributed by atoms with Crippen LogP contribution in [0.4, 0.5) is 4.39 Å². The molecule has 5 heterocycles. The summed E-state index contributed by atoms with van der Waals surface area (Å²) in [7, 11) is 0. The number of imidazole rings is 2. The maximum atomic E-state index is 14.0. The Morgan fingerprint density at radius 1 is 0.935 bits per heavy atom. The molecule has 0 atom stereocenters. The summed E-state index contributed by atoms with van der Waals surface area (Å²) >= 11 is 0. The first-order chi connectivity index (χ1) is 15.2. The SMILES string of the molecule is Cc1cc(F)cc(-c2cncc3[nH]c(-c4n[nH]c5cnc(-c6c[nH]cn6)cc45)nc23)c1. The molecule has 0 radical (unpaired) electrons. The Morgan fingerprint density at radius 3 is 2.71 bits per heavy atom. The number of benzene rings is 1. The highest BCUT2D eigenvalue weighted by Crippen LogP contribution is 2.32. The molecule has 5 aromatic heterocycles. The van der Waals surface area contributed by atoms with Gasteiger partial charge >= 0.3 is 0 Å². The average Bonchev–Trinajstić information content (AvgIpc) is 3.50. The number of H-pyrrole nitrogens is 3. The highest BCUT2D eigenvalue weighted by Gasteiger charge is 2.17. The van der Waals surface area contributed by atoms with Gasteiger partial charge in [-0.3, -0.25) is 15.1 Å². The van der Waals surface area contributed by atoms with Crippen molar-refractivity contribution in [2.75, 3.05) is 0 Å². The number of aromatic amines is 3. The van der Waals surface area contributed by atoms with Crippen LogP contribution in [0.5, 0.6) is 0 Å². The lowest BCUT2D eigenvalue weighted by Gasteiger charge is -2.04. The fourth-order valence-electron chi connectivity index (χ4n) is 3.79. The van der Waals surface area contributed by atoms with Gasteiger partial charge in [-0.05, 0) is 36.2 Å². The fraction of sp³-hybridized carbons (Fsp3) is 0.0455. The number of pyridine rings is 2. The molecule has 1 aromatic carbocycles. The Morgan fingerprint density at radius 2 is 1.87 bits per heavy atom. The number of aryl methyl sites for hydroxylation is 1. The molecule has 0 aliphatic carbocycles. The van der Waals surface area contributed by atoms with Crippen LogP contribution in [0.1, 0.15) is 5.56 Å². The van der Waals surface area contributed by atoms with E-state index < -0.39 is 0 Å². The molecule has 0 spiro atoms. The lowest BCUT2D eigenvalue weighted by atomic mass is 10.0. The molecule has 9 heteroatoms. The highest BCUT2D eigenvalue weighted by molar-refractivity contribution is 5.97. The van der Waals surface area contributed by atoms with E-state index in [4.69, 9.17) is 4.98 Å². The van der Waals surface area contributed by atoms with Crippen molar-refractivity contribution in [1.82, 2.24) is 40.1 Å². The number of hydrogen-bond donors (Lipinski definition) is 3. The number of rotatable bonds is 3. The molecule has 0 saturated heterocycles. The predicted molar refractivity (Wildman–Crippen MR) is 114 cm³/mol. The summed E-state index contributed by atoms with van der Waals surface area (Å²) in [5.74, 6) is 0.294. The molecule has 6 rings (SSSR count). The van der Waals surface area contributed by atoms with Gasteiger partial charge in [-0.2, -0.15) is 5.10 Å². The van der Waals surface area contributed by atoms with Crippen LogP contribution in [0.3, 0.4) is 0 Å². The zero-order chi connectivity index (χ0) is 20.9. The van der Waals surface area contributed by atoms with Crippen molar-refractivity contribution < 1.29 is 4.39 Å². The summed E-state index contributed by atoms with van der Waals surface area (Å²) in [6, 6.07) is 6.82. The second kappa shape index (κ2) is 6.56. The van der Waals surface area contributed by atoms with E-state index in [1.807, 2.05) is 19.1 Å². The molecule has 0 unspecified atom stereocenters. The van der Waals surface area contributed by atoms with Crippen molar-refractivity contribution in [1.29, 1.82) is 0 Å². The Bertz CT molecular complexity index is 1540. The molecule has 31 heavy (non-hydrogen) atoms. The van der Waals surface area contributed by atoms with Gasteiger partial charge in [0.1, 0.15) is 17.2 Å². The van der Waals surface area contributed by atoms with Gasteiger partial charge in [-0.25, -0.2) is 14.4 Å². The van der Waals surface area contributed by atoms with Gasteiger partial charge in [0.2, 0.25) is 0 Å². The van der Waals surface area contributed by atoms with Crippen LogP contribution in [-0.2, 0) is 0 Å². The number of nitrogens with one attached hydrogen (secondary N) is 3. The Balaban J connectivity index is 1.53. The van der Waals surface area contributed by atoms with E-state index in [0.29, 0.717) is 17.0 Å². The van der Waals surface area contributed by atoms with Crippen molar-refractivity contribution in [2.45, 2.75) is 6.92 Å². The molecule has 0 aliphatic heterocycles. The van der Waals surface area contributed by atoms with E-state index in [0.717, 1.165) is 44.5 Å². The second-order valence-electron chi connectivity index (χ2n) is 7.33. The molecule has 0 fully saturated rings. The van der Waals surface area contributed by atoms with Crippen molar-refractivity contribution in [3.63, 3.8) is 0 Å². The lowest BCUT2D eigenvalue weighted by Crippen LogP contribution is -1.87. The summed E-state index contributed by atoms with van der Waals surface area (Å²) in [6.45, 7) is 1.86. The van der Waals surface area contributed by atoms with E-state index in [1.165, 1.54) is 12.1 Å². The molecular formula is C22H15FN8. The first kappa shape index (κ1) is 17.5. The Labute approximate surface area is 174 Å². The zero-order valence-electron chi connectivity index (χ0n) is 16.3. The Hall–Kier alpha value is -4.40. The van der Waals surface area contributed by atoms with Crippen LogP contribution >= 0.6 is 0 Å². The Kier molecular flexibility index (Phi) is 3.69. The third-order valence-electron chi connectivity index (χ3n) is 5.18. The molecule has 3 N–H and O–H groups in total. The largest absolute Gasteiger partial charge is 0.351 e. The molecule has 8 nitrogen and oxygen atoms in total. The summed E-state index contributed by atoms with van der Waals surface area (Å²) in [5.41, 5.74) is 6.67. The number of hydrogen-bond acceptors (Lipinski definition) is 5. The monoisotopic (exact) mass is 410 g/mol. The van der Waals surface area contributed by atoms with Crippen LogP contribution in [0.25, 0.3) is 56.0 Å². The van der Waals surface area contributed by atoms with E-state index in [1.54, 1.807) is 31.1 Å². The summed E-state index contributed by atoms with van der Waals surface area (Å²) in [6.07, 6.45) is 8.52. The van der Waals surface area contributed by atoms with Crippen molar-refractivity contribution in [3.05, 3.63) is 66.8 Å². The van der Waals surface area contributed by atoms with E-state index in [2.05, 4.69) is 35.1 Å². The van der Waals surface area contributed by atoms with E-state index >= 15 is 0 Å². The molecule has 0 saturated carbocycles. The molecule has 0 bridgehead atoms. The molecular weight excluding hydrogens is 395 g/mol. The van der Waals surface area contributed by atoms with E-state index in [-0.39, 0.29) is 5.82 Å². The number of halogens is 1. The van der Waals surface area contributed by atoms with Gasteiger partial charge in [0.05, 0.1) is 41.0 Å². The summed E-state index contributed by atoms with van der Waals surface area (Å²) in [5, 5.41) is 8.31. The fourth-order valence-corrected chi connectivity index (χ4v) is 3.79.